The van der Waals surface area contributed by atoms with Crippen molar-refractivity contribution in [1.82, 2.24) is 4.98 Å². The Hall–Kier alpha value is -2.50. The predicted octanol–water partition coefficient (Wildman–Crippen LogP) is 4.91. The van der Waals surface area contributed by atoms with Crippen molar-refractivity contribution >= 4 is 46.5 Å². The molecule has 7 heteroatoms. The largest absolute Gasteiger partial charge is 0.454 e. The van der Waals surface area contributed by atoms with Crippen molar-refractivity contribution in [1.29, 1.82) is 0 Å². The minimum atomic E-state index is -0.204. The summed E-state index contributed by atoms with van der Waals surface area (Å²) in [5, 5.41) is 4.38. The molecule has 26 heavy (non-hydrogen) atoms. The fourth-order valence-corrected chi connectivity index (χ4v) is 3.15. The van der Waals surface area contributed by atoms with Crippen molar-refractivity contribution in [3.05, 3.63) is 58.2 Å². The van der Waals surface area contributed by atoms with Crippen molar-refractivity contribution < 1.29 is 14.3 Å². The van der Waals surface area contributed by atoms with Gasteiger partial charge in [-0.05, 0) is 49.7 Å². The third-order valence-corrected chi connectivity index (χ3v) is 4.50. The van der Waals surface area contributed by atoms with Gasteiger partial charge < -0.3 is 14.8 Å². The van der Waals surface area contributed by atoms with Gasteiger partial charge in [0.2, 0.25) is 6.79 Å². The molecule has 0 atom stereocenters. The van der Waals surface area contributed by atoms with E-state index in [1.54, 1.807) is 24.3 Å². The van der Waals surface area contributed by atoms with Crippen LogP contribution < -0.4 is 14.8 Å². The van der Waals surface area contributed by atoms with Gasteiger partial charge in [-0.2, -0.15) is 0 Å². The molecule has 0 unspecified atom stereocenters. The van der Waals surface area contributed by atoms with Gasteiger partial charge in [0.1, 0.15) is 0 Å². The fraction of sp³-hybridized carbons (Fsp3) is 0.158. The molecule has 1 aliphatic heterocycles. The molecule has 0 bridgehead atoms. The molecule has 0 radical (unpaired) electrons. The lowest BCUT2D eigenvalue weighted by molar-refractivity contribution is 0.102. The Kier molecular flexibility index (Phi) is 4.94. The number of pyridine rings is 1. The maximum atomic E-state index is 12.8. The van der Waals surface area contributed by atoms with E-state index < -0.39 is 0 Å². The number of nitrogens with one attached hydrogen (secondary N) is 1. The highest BCUT2D eigenvalue weighted by Gasteiger charge is 2.20. The highest BCUT2D eigenvalue weighted by Crippen LogP contribution is 2.37. The molecule has 1 amide bonds. The summed E-state index contributed by atoms with van der Waals surface area (Å²) in [6.45, 7) is 3.94. The molecule has 0 fully saturated rings. The fourth-order valence-electron chi connectivity index (χ4n) is 3.03. The standard InChI is InChI=1S/C19H15ClN2O3.ClH/c1-10-14-7-16-17(25-9-24-16)8-15(14)21-11(2)18(10)19(23)22-13-5-3-12(20)4-6-13;/h3-8H,9H2,1-2H3,(H,22,23);1H. The molecule has 4 rings (SSSR count). The Morgan fingerprint density at radius 3 is 2.46 bits per heavy atom. The van der Waals surface area contributed by atoms with Crippen molar-refractivity contribution in [2.75, 3.05) is 12.1 Å². The number of amides is 1. The Morgan fingerprint density at radius 1 is 1.12 bits per heavy atom. The van der Waals surface area contributed by atoms with Crippen LogP contribution in [0.2, 0.25) is 5.02 Å². The minimum absolute atomic E-state index is 0. The highest BCUT2D eigenvalue weighted by atomic mass is 35.5. The van der Waals surface area contributed by atoms with Gasteiger partial charge in [-0.1, -0.05) is 11.6 Å². The second kappa shape index (κ2) is 7.02. The normalized spacial score (nSPS) is 12.0. The van der Waals surface area contributed by atoms with Gasteiger partial charge in [-0.15, -0.1) is 12.4 Å². The van der Waals surface area contributed by atoms with Gasteiger partial charge >= 0.3 is 0 Å². The molecule has 1 N–H and O–H groups in total. The Labute approximate surface area is 161 Å². The van der Waals surface area contributed by atoms with Gasteiger partial charge in [-0.25, -0.2) is 0 Å². The molecule has 5 nitrogen and oxygen atoms in total. The molecule has 0 saturated heterocycles. The number of ether oxygens (including phenoxy) is 2. The summed E-state index contributed by atoms with van der Waals surface area (Å²) in [7, 11) is 0. The quantitative estimate of drug-likeness (QED) is 0.675. The minimum Gasteiger partial charge on any atom is -0.454 e. The first kappa shape index (κ1) is 18.3. The van der Waals surface area contributed by atoms with E-state index >= 15 is 0 Å². The molecule has 2 heterocycles. The first-order chi connectivity index (χ1) is 12.0. The van der Waals surface area contributed by atoms with E-state index in [1.165, 1.54) is 0 Å². The van der Waals surface area contributed by atoms with E-state index in [0.29, 0.717) is 33.5 Å². The van der Waals surface area contributed by atoms with E-state index in [1.807, 2.05) is 26.0 Å². The lowest BCUT2D eigenvalue weighted by atomic mass is 10.0. The highest BCUT2D eigenvalue weighted by molar-refractivity contribution is 6.30. The van der Waals surface area contributed by atoms with E-state index in [4.69, 9.17) is 21.1 Å². The third-order valence-electron chi connectivity index (χ3n) is 4.25. The molecule has 3 aromatic rings. The first-order valence-corrected chi connectivity index (χ1v) is 8.18. The average Bonchev–Trinajstić information content (AvgIpc) is 3.03. The van der Waals surface area contributed by atoms with Crippen molar-refractivity contribution in [2.45, 2.75) is 13.8 Å². The second-order valence-corrected chi connectivity index (χ2v) is 6.32. The molecule has 2 aromatic carbocycles. The average molecular weight is 391 g/mol. The zero-order valence-corrected chi connectivity index (χ0v) is 15.7. The van der Waals surface area contributed by atoms with E-state index in [2.05, 4.69) is 10.3 Å². The summed E-state index contributed by atoms with van der Waals surface area (Å²) in [4.78, 5) is 17.4. The monoisotopic (exact) mass is 390 g/mol. The van der Waals surface area contributed by atoms with Crippen molar-refractivity contribution in [3.63, 3.8) is 0 Å². The number of hydrogen-bond donors (Lipinski definition) is 1. The molecule has 0 spiro atoms. The smallest absolute Gasteiger partial charge is 0.257 e. The van der Waals surface area contributed by atoms with E-state index in [9.17, 15) is 4.79 Å². The number of carbonyl (C=O) groups excluding carboxylic acids is 1. The summed E-state index contributed by atoms with van der Waals surface area (Å²) in [5.41, 5.74) is 3.53. The molecule has 0 aliphatic carbocycles. The number of carbonyl (C=O) groups is 1. The summed E-state index contributed by atoms with van der Waals surface area (Å²) >= 11 is 5.88. The zero-order valence-electron chi connectivity index (χ0n) is 14.1. The van der Waals surface area contributed by atoms with Crippen LogP contribution in [0.15, 0.2) is 36.4 Å². The number of anilines is 1. The molecule has 1 aliphatic rings. The summed E-state index contributed by atoms with van der Waals surface area (Å²) in [6, 6.07) is 10.7. The summed E-state index contributed by atoms with van der Waals surface area (Å²) < 4.78 is 10.8. The number of aromatic nitrogens is 1. The molecule has 134 valence electrons. The lowest BCUT2D eigenvalue weighted by Gasteiger charge is -2.13. The molecule has 0 saturated carbocycles. The van der Waals surface area contributed by atoms with Crippen LogP contribution in [0.3, 0.4) is 0 Å². The van der Waals surface area contributed by atoms with Gasteiger partial charge in [0.05, 0.1) is 16.8 Å². The van der Waals surface area contributed by atoms with Crippen LogP contribution in [-0.2, 0) is 0 Å². The predicted molar refractivity (Wildman–Crippen MR) is 104 cm³/mol. The third kappa shape index (κ3) is 3.16. The molecule has 1 aromatic heterocycles. The van der Waals surface area contributed by atoms with Crippen molar-refractivity contribution in [2.24, 2.45) is 0 Å². The van der Waals surface area contributed by atoms with Crippen LogP contribution >= 0.6 is 24.0 Å². The summed E-state index contributed by atoms with van der Waals surface area (Å²) in [5.74, 6) is 1.15. The lowest BCUT2D eigenvalue weighted by Crippen LogP contribution is -2.16. The van der Waals surface area contributed by atoms with Gasteiger partial charge in [-0.3, -0.25) is 9.78 Å². The van der Waals surface area contributed by atoms with E-state index in [-0.39, 0.29) is 25.1 Å². The zero-order chi connectivity index (χ0) is 17.6. The number of fused-ring (bicyclic) bond motifs is 2. The Morgan fingerprint density at radius 2 is 1.77 bits per heavy atom. The number of rotatable bonds is 2. The molecular formula is C19H16Cl2N2O3. The first-order valence-electron chi connectivity index (χ1n) is 7.80. The van der Waals surface area contributed by atoms with Crippen LogP contribution in [-0.4, -0.2) is 17.7 Å². The van der Waals surface area contributed by atoms with Gasteiger partial charge in [0.15, 0.2) is 11.5 Å². The van der Waals surface area contributed by atoms with Crippen LogP contribution in [0.4, 0.5) is 5.69 Å². The number of nitrogens with zero attached hydrogens (tertiary/aromatic N) is 1. The Bertz CT molecular complexity index is 1000. The number of benzene rings is 2. The SMILES string of the molecule is Cc1nc2cc3c(cc2c(C)c1C(=O)Nc1ccc(Cl)cc1)OCO3.Cl. The topological polar surface area (TPSA) is 60.5 Å². The number of halogens is 2. The van der Waals surface area contributed by atoms with Gasteiger partial charge in [0.25, 0.3) is 5.91 Å². The summed E-state index contributed by atoms with van der Waals surface area (Å²) in [6.07, 6.45) is 0. The van der Waals surface area contributed by atoms with Crippen LogP contribution in [0.25, 0.3) is 10.9 Å². The van der Waals surface area contributed by atoms with Crippen molar-refractivity contribution in [3.8, 4) is 11.5 Å². The van der Waals surface area contributed by atoms with Crippen LogP contribution in [0.5, 0.6) is 11.5 Å². The number of aryl methyl sites for hydroxylation is 2. The maximum Gasteiger partial charge on any atom is 0.257 e. The second-order valence-electron chi connectivity index (χ2n) is 5.88. The number of hydrogen-bond acceptors (Lipinski definition) is 4. The molecular weight excluding hydrogens is 375 g/mol. The maximum absolute atomic E-state index is 12.8. The van der Waals surface area contributed by atoms with E-state index in [0.717, 1.165) is 16.5 Å². The van der Waals surface area contributed by atoms with Crippen LogP contribution in [0.1, 0.15) is 21.6 Å². The van der Waals surface area contributed by atoms with Crippen LogP contribution in [0, 0.1) is 13.8 Å². The Balaban J connectivity index is 0.00000196. The van der Waals surface area contributed by atoms with Gasteiger partial charge in [0, 0.05) is 22.2 Å².